The Morgan fingerprint density at radius 3 is 0.881 bits per heavy atom. The number of sulfone groups is 1. The van der Waals surface area contributed by atoms with Crippen LogP contribution in [0.2, 0.25) is 0 Å². The SMILES string of the molecule is Cc1ccc(S(=O)(=O)OCCOCCOS(=O)(=O)c2ccc(C)cc2)cc1.Cc1ccc(S(=O)(=O)OCCOCCOS(=O)(=O)c2ccc(C)cc2)cc1.Cc1ccc(S(C)(=O)=O)cc1.O=c1c2ccccc2sc2cc(OCCOCCOc3ccc4sc5ccccc5c(=O)c4c3)ccc12.O=c1c2ccccc2sc2ccc([O-])cc12.OCCOCCO.[Na+]. The van der Waals surface area contributed by atoms with Gasteiger partial charge in [-0.3, -0.25) is 31.1 Å². The number of aliphatic hydroxyl groups is 2. The van der Waals surface area contributed by atoms with Crippen molar-refractivity contribution in [3.05, 3.63) is 307 Å². The smallest absolute Gasteiger partial charge is 0.872 e. The van der Waals surface area contributed by atoms with Crippen molar-refractivity contribution >= 4 is 145 Å². The Morgan fingerprint density at radius 1 is 0.278 bits per heavy atom. The van der Waals surface area contributed by atoms with Crippen molar-refractivity contribution in [1.82, 2.24) is 0 Å². The van der Waals surface area contributed by atoms with Crippen LogP contribution in [0.5, 0.6) is 17.2 Å². The summed E-state index contributed by atoms with van der Waals surface area (Å²) in [6.07, 6.45) is 1.21. The third-order valence-corrected chi connectivity index (χ3v) is 27.5. The summed E-state index contributed by atoms with van der Waals surface area (Å²) in [7, 11) is -18.4. The molecule has 126 heavy (non-hydrogen) atoms. The molecule has 0 aliphatic carbocycles. The molecule has 0 aliphatic rings. The van der Waals surface area contributed by atoms with Gasteiger partial charge in [0.1, 0.15) is 24.7 Å². The van der Waals surface area contributed by atoms with Crippen LogP contribution in [-0.4, -0.2) is 164 Å². The largest absolute Gasteiger partial charge is 1.00 e. The number of aliphatic hydroxyl groups excluding tert-OH is 2. The third kappa shape index (κ3) is 31.7. The predicted molar refractivity (Wildman–Crippen MR) is 486 cm³/mol. The fraction of sp³-hybridized carbons (Fsp3) is 0.242. The van der Waals surface area contributed by atoms with Gasteiger partial charge in [0.25, 0.3) is 40.5 Å². The van der Waals surface area contributed by atoms with E-state index in [0.29, 0.717) is 77.6 Å². The summed E-state index contributed by atoms with van der Waals surface area (Å²) < 4.78 is 175. The number of hydrogen-bond donors (Lipinski definition) is 2. The average Bonchev–Trinajstić information content (AvgIpc) is 0.787. The first-order chi connectivity index (χ1) is 59.7. The Balaban J connectivity index is 0.000000199. The van der Waals surface area contributed by atoms with E-state index in [4.69, 9.17) is 50.6 Å². The summed E-state index contributed by atoms with van der Waals surface area (Å²) in [5.41, 5.74) is 4.86. The molecular weight excluding hydrogens is 1790 g/mol. The van der Waals surface area contributed by atoms with Crippen LogP contribution in [0.15, 0.2) is 288 Å². The Kier molecular flexibility index (Phi) is 40.5. The Bertz CT molecular complexity index is 6380. The van der Waals surface area contributed by atoms with Crippen LogP contribution in [0.3, 0.4) is 0 Å². The van der Waals surface area contributed by atoms with E-state index in [9.17, 15) is 61.6 Å². The van der Waals surface area contributed by atoms with Crippen molar-refractivity contribution in [3.8, 4) is 17.2 Å². The van der Waals surface area contributed by atoms with Crippen molar-refractivity contribution in [2.24, 2.45) is 0 Å². The van der Waals surface area contributed by atoms with E-state index in [-0.39, 0.29) is 137 Å². The van der Waals surface area contributed by atoms with E-state index in [1.165, 1.54) is 78.3 Å². The van der Waals surface area contributed by atoms with Crippen LogP contribution in [0.25, 0.3) is 60.5 Å². The van der Waals surface area contributed by atoms with Gasteiger partial charge in [-0.15, -0.1) is 39.8 Å². The van der Waals surface area contributed by atoms with Gasteiger partial charge in [0.15, 0.2) is 26.1 Å². The number of aryl methyl sites for hydroxylation is 5. The molecule has 14 rings (SSSR count). The van der Waals surface area contributed by atoms with E-state index in [0.717, 1.165) is 66.8 Å². The molecule has 11 aromatic carbocycles. The number of fused-ring (bicyclic) bond motifs is 6. The molecule has 0 aliphatic heterocycles. The molecule has 0 amide bonds. The maximum absolute atomic E-state index is 12.8. The molecule has 3 heterocycles. The van der Waals surface area contributed by atoms with E-state index >= 15 is 0 Å². The van der Waals surface area contributed by atoms with Gasteiger partial charge in [-0.05, 0) is 174 Å². The first kappa shape index (κ1) is 102. The topological polar surface area (TPSA) is 378 Å². The van der Waals surface area contributed by atoms with Crippen LogP contribution in [0.1, 0.15) is 27.8 Å². The molecule has 0 unspecified atom stereocenters. The normalized spacial score (nSPS) is 11.5. The van der Waals surface area contributed by atoms with Gasteiger partial charge in [-0.2, -0.15) is 33.7 Å². The summed E-state index contributed by atoms with van der Waals surface area (Å²) in [5, 5.41) is 31.5. The maximum Gasteiger partial charge on any atom is 1.00 e. The molecule has 3 aromatic heterocycles. The molecule has 0 saturated heterocycles. The van der Waals surface area contributed by atoms with Gasteiger partial charge in [0.2, 0.25) is 0 Å². The zero-order valence-electron chi connectivity index (χ0n) is 69.9. The van der Waals surface area contributed by atoms with Gasteiger partial charge in [-0.1, -0.05) is 137 Å². The average molecular weight is 1880 g/mol. The molecule has 35 heteroatoms. The zero-order chi connectivity index (χ0) is 90.2. The molecule has 0 spiro atoms. The maximum atomic E-state index is 12.8. The van der Waals surface area contributed by atoms with Gasteiger partial charge in [-0.25, -0.2) is 8.42 Å². The van der Waals surface area contributed by atoms with Crippen molar-refractivity contribution in [2.75, 3.05) is 112 Å². The molecule has 26 nitrogen and oxygen atoms in total. The first-order valence-corrected chi connectivity index (χ1v) is 48.7. The van der Waals surface area contributed by atoms with E-state index < -0.39 is 50.3 Å². The number of hydrogen-bond acceptors (Lipinski definition) is 29. The molecule has 0 saturated carbocycles. The Labute approximate surface area is 765 Å². The van der Waals surface area contributed by atoms with Crippen LogP contribution in [0.4, 0.5) is 0 Å². The fourth-order valence-electron chi connectivity index (χ4n) is 11.2. The van der Waals surface area contributed by atoms with Crippen molar-refractivity contribution < 1.29 is 132 Å². The second-order valence-corrected chi connectivity index (χ2v) is 39.0. The number of rotatable bonds is 33. The zero-order valence-corrected chi connectivity index (χ0v) is 78.5. The Hall–Kier alpha value is -9.16. The van der Waals surface area contributed by atoms with Crippen LogP contribution < -0.4 is 60.4 Å². The molecular formula is C91H93NaO26S8. The quantitative estimate of drug-likeness (QED) is 0.0167. The molecule has 2 N–H and O–H groups in total. The molecule has 0 fully saturated rings. The minimum absolute atomic E-state index is 0. The van der Waals surface area contributed by atoms with E-state index in [1.54, 1.807) is 114 Å². The molecule has 662 valence electrons. The van der Waals surface area contributed by atoms with Gasteiger partial charge >= 0.3 is 29.6 Å². The second-order valence-electron chi connectivity index (χ2n) is 27.3. The minimum Gasteiger partial charge on any atom is -0.872 e. The molecule has 0 radical (unpaired) electrons. The van der Waals surface area contributed by atoms with Crippen LogP contribution >= 0.6 is 34.0 Å². The van der Waals surface area contributed by atoms with Gasteiger partial charge in [0, 0.05) is 66.8 Å². The summed E-state index contributed by atoms with van der Waals surface area (Å²) in [5.74, 6) is 1.23. The monoisotopic (exact) mass is 1880 g/mol. The van der Waals surface area contributed by atoms with Crippen LogP contribution in [0, 0.1) is 34.6 Å². The summed E-state index contributed by atoms with van der Waals surface area (Å²) in [4.78, 5) is 38.3. The van der Waals surface area contributed by atoms with Crippen molar-refractivity contribution in [3.63, 3.8) is 0 Å². The van der Waals surface area contributed by atoms with Gasteiger partial charge in [0.05, 0.1) is 117 Å². The number of benzene rings is 11. The van der Waals surface area contributed by atoms with Crippen molar-refractivity contribution in [1.29, 1.82) is 0 Å². The van der Waals surface area contributed by atoms with Crippen LogP contribution in [-0.2, 0) is 86.0 Å². The predicted octanol–water partition coefficient (Wildman–Crippen LogP) is 11.4. The Morgan fingerprint density at radius 2 is 0.540 bits per heavy atom. The summed E-state index contributed by atoms with van der Waals surface area (Å²) in [6, 6.07) is 70.6. The summed E-state index contributed by atoms with van der Waals surface area (Å²) >= 11 is 4.72. The minimum atomic E-state index is -3.84. The number of ether oxygens (including phenoxy) is 6. The van der Waals surface area contributed by atoms with E-state index in [2.05, 4.69) is 4.74 Å². The fourth-order valence-corrected chi connectivity index (χ4v) is 18.6. The summed E-state index contributed by atoms with van der Waals surface area (Å²) in [6.45, 7) is 10.8. The molecule has 0 bridgehead atoms. The van der Waals surface area contributed by atoms with Gasteiger partial charge < -0.3 is 43.7 Å². The van der Waals surface area contributed by atoms with E-state index in [1.807, 2.05) is 132 Å². The molecule has 14 aromatic rings. The third-order valence-electron chi connectivity index (χ3n) is 17.7. The molecule has 0 atom stereocenters. The second kappa shape index (κ2) is 50.0. The van der Waals surface area contributed by atoms with Crippen molar-refractivity contribution in [2.45, 2.75) is 59.1 Å². The first-order valence-electron chi connectivity index (χ1n) is 38.7. The standard InChI is InChI=1S/C30H22O5S2.2C18H22O7S2.C13H8O2S.C8H10O2S.C4H10O3.Na/c31-29-21-5-1-4-8-26(21)37-28-18-20(9-11-23(28)29)35-16-14-33-13-15-34-19-10-12-27-24(17-19)30(32)22-6-2-3-7-25(22)36-27;2*1-15-3-7-17(8-4-15)26(19,20)24-13-11-23-12-14-25-27(21,22)18-9-5-16(2)6-10-18;14-8-5-6-12-10(7-8)13(15)9-3-1-2-4-11(9)16-12;1-7-3-5-8(6-4-7)11(2,9)10;5-1-3-7-4-2-6;/h1-12,17-18H,13-16H2;2*3-10H,11-14H2,1-2H3;1-7,14H;3-6H,1-2H3;5-6H,1-4H2;/q;;;;;;+1/p-1.